The standard InChI is InChI=1S/C24H18Br2N2/c1-14-2-8-18-20(12-27-22(18)10-14)24(15-3-5-16(25)6-4-15)21-13-28-23-11-17(26)7-9-19(21)23/h2-13,24,27-28H,1H3. The fourth-order valence-corrected chi connectivity index (χ4v) is 4.67. The number of fused-ring (bicyclic) bond motifs is 2. The number of halogens is 2. The molecule has 0 saturated heterocycles. The van der Waals surface area contributed by atoms with Crippen LogP contribution in [0.4, 0.5) is 0 Å². The van der Waals surface area contributed by atoms with Gasteiger partial charge in [0.1, 0.15) is 0 Å². The second-order valence-corrected chi connectivity index (χ2v) is 9.04. The minimum absolute atomic E-state index is 0.138. The van der Waals surface area contributed by atoms with Gasteiger partial charge in [-0.05, 0) is 59.5 Å². The van der Waals surface area contributed by atoms with Crippen LogP contribution in [0, 0.1) is 6.92 Å². The first-order valence-electron chi connectivity index (χ1n) is 9.20. The van der Waals surface area contributed by atoms with Crippen LogP contribution in [0.1, 0.15) is 28.2 Å². The van der Waals surface area contributed by atoms with Gasteiger partial charge in [0.05, 0.1) is 0 Å². The Morgan fingerprint density at radius 1 is 0.679 bits per heavy atom. The van der Waals surface area contributed by atoms with Crippen molar-refractivity contribution in [2.45, 2.75) is 12.8 Å². The van der Waals surface area contributed by atoms with Gasteiger partial charge in [-0.25, -0.2) is 0 Å². The van der Waals surface area contributed by atoms with Crippen molar-refractivity contribution in [3.8, 4) is 0 Å². The van der Waals surface area contributed by atoms with Crippen LogP contribution in [0.2, 0.25) is 0 Å². The molecule has 3 aromatic carbocycles. The summed E-state index contributed by atoms with van der Waals surface area (Å²) < 4.78 is 2.17. The van der Waals surface area contributed by atoms with E-state index in [1.54, 1.807) is 0 Å². The lowest BCUT2D eigenvalue weighted by Crippen LogP contribution is -2.02. The Labute approximate surface area is 180 Å². The highest BCUT2D eigenvalue weighted by molar-refractivity contribution is 9.10. The highest BCUT2D eigenvalue weighted by atomic mass is 79.9. The normalized spacial score (nSPS) is 12.7. The maximum absolute atomic E-state index is 3.58. The molecular formula is C24H18Br2N2. The second-order valence-electron chi connectivity index (χ2n) is 7.21. The topological polar surface area (TPSA) is 31.6 Å². The Hall–Kier alpha value is -2.30. The highest BCUT2D eigenvalue weighted by Crippen LogP contribution is 2.40. The van der Waals surface area contributed by atoms with Crippen molar-refractivity contribution in [1.29, 1.82) is 0 Å². The largest absolute Gasteiger partial charge is 0.361 e. The van der Waals surface area contributed by atoms with Gasteiger partial charge in [0.2, 0.25) is 0 Å². The van der Waals surface area contributed by atoms with E-state index in [1.165, 1.54) is 38.5 Å². The Balaban J connectivity index is 1.78. The molecule has 0 fully saturated rings. The smallest absolute Gasteiger partial charge is 0.0468 e. The van der Waals surface area contributed by atoms with Gasteiger partial charge in [-0.3, -0.25) is 0 Å². The number of benzene rings is 3. The summed E-state index contributed by atoms with van der Waals surface area (Å²) in [7, 11) is 0. The predicted molar refractivity (Wildman–Crippen MR) is 124 cm³/mol. The van der Waals surface area contributed by atoms with Gasteiger partial charge in [-0.2, -0.15) is 0 Å². The van der Waals surface area contributed by atoms with Crippen LogP contribution in [0.5, 0.6) is 0 Å². The molecule has 4 heteroatoms. The lowest BCUT2D eigenvalue weighted by molar-refractivity contribution is 0.997. The molecule has 0 aliphatic carbocycles. The lowest BCUT2D eigenvalue weighted by Gasteiger charge is -2.17. The minimum atomic E-state index is 0.138. The molecule has 0 aliphatic heterocycles. The molecular weight excluding hydrogens is 476 g/mol. The summed E-state index contributed by atoms with van der Waals surface area (Å²) in [6.07, 6.45) is 4.31. The van der Waals surface area contributed by atoms with E-state index < -0.39 is 0 Å². The average molecular weight is 494 g/mol. The summed E-state index contributed by atoms with van der Waals surface area (Å²) in [6, 6.07) is 21.7. The number of aromatic amines is 2. The first-order valence-corrected chi connectivity index (χ1v) is 10.8. The Morgan fingerprint density at radius 2 is 1.25 bits per heavy atom. The molecule has 1 atom stereocenters. The van der Waals surface area contributed by atoms with Crippen molar-refractivity contribution in [2.75, 3.05) is 0 Å². The van der Waals surface area contributed by atoms with Crippen molar-refractivity contribution in [3.05, 3.63) is 104 Å². The number of aromatic nitrogens is 2. The van der Waals surface area contributed by atoms with Crippen LogP contribution in [-0.4, -0.2) is 9.97 Å². The van der Waals surface area contributed by atoms with Crippen molar-refractivity contribution < 1.29 is 0 Å². The Kier molecular flexibility index (Phi) is 4.41. The third-order valence-corrected chi connectivity index (χ3v) is 6.39. The fraction of sp³-hybridized carbons (Fsp3) is 0.0833. The first-order chi connectivity index (χ1) is 13.6. The Morgan fingerprint density at radius 3 is 1.93 bits per heavy atom. The van der Waals surface area contributed by atoms with Gasteiger partial charge >= 0.3 is 0 Å². The van der Waals surface area contributed by atoms with E-state index in [4.69, 9.17) is 0 Å². The second kappa shape index (κ2) is 6.94. The van der Waals surface area contributed by atoms with Gasteiger partial charge in [0.15, 0.2) is 0 Å². The zero-order valence-electron chi connectivity index (χ0n) is 15.3. The van der Waals surface area contributed by atoms with E-state index in [2.05, 4.69) is 122 Å². The molecule has 2 aromatic heterocycles. The molecule has 0 radical (unpaired) electrons. The molecule has 2 N–H and O–H groups in total. The van der Waals surface area contributed by atoms with Crippen LogP contribution >= 0.6 is 31.9 Å². The molecule has 138 valence electrons. The van der Waals surface area contributed by atoms with Crippen molar-refractivity contribution >= 4 is 53.7 Å². The van der Waals surface area contributed by atoms with Crippen LogP contribution in [0.15, 0.2) is 82.0 Å². The number of nitrogens with one attached hydrogen (secondary N) is 2. The molecule has 0 aliphatic rings. The van der Waals surface area contributed by atoms with Crippen LogP contribution in [0.3, 0.4) is 0 Å². The zero-order valence-corrected chi connectivity index (χ0v) is 18.4. The summed E-state index contributed by atoms with van der Waals surface area (Å²) in [4.78, 5) is 6.94. The Bertz CT molecular complexity index is 1220. The summed E-state index contributed by atoms with van der Waals surface area (Å²) in [6.45, 7) is 2.13. The van der Waals surface area contributed by atoms with E-state index in [0.29, 0.717) is 0 Å². The number of hydrogen-bond acceptors (Lipinski definition) is 0. The lowest BCUT2D eigenvalue weighted by atomic mass is 9.85. The molecule has 0 spiro atoms. The molecule has 0 saturated carbocycles. The van der Waals surface area contributed by atoms with Crippen molar-refractivity contribution in [3.63, 3.8) is 0 Å². The van der Waals surface area contributed by atoms with E-state index in [-0.39, 0.29) is 5.92 Å². The third-order valence-electron chi connectivity index (χ3n) is 5.37. The molecule has 2 nitrogen and oxygen atoms in total. The van der Waals surface area contributed by atoms with Gasteiger partial charge in [-0.15, -0.1) is 0 Å². The fourth-order valence-electron chi connectivity index (χ4n) is 4.04. The van der Waals surface area contributed by atoms with Crippen LogP contribution in [0.25, 0.3) is 21.8 Å². The van der Waals surface area contributed by atoms with Crippen LogP contribution in [-0.2, 0) is 0 Å². The monoisotopic (exact) mass is 492 g/mol. The number of H-pyrrole nitrogens is 2. The number of rotatable bonds is 3. The zero-order chi connectivity index (χ0) is 19.3. The van der Waals surface area contributed by atoms with Gasteiger partial charge in [-0.1, -0.05) is 62.2 Å². The van der Waals surface area contributed by atoms with E-state index in [1.807, 2.05) is 0 Å². The highest BCUT2D eigenvalue weighted by Gasteiger charge is 2.23. The number of hydrogen-bond donors (Lipinski definition) is 2. The maximum atomic E-state index is 3.58. The molecule has 28 heavy (non-hydrogen) atoms. The summed E-state index contributed by atoms with van der Waals surface area (Å²) in [5.41, 5.74) is 7.43. The SMILES string of the molecule is Cc1ccc2c(C(c3ccc(Br)cc3)c3c[nH]c4cc(Br)ccc34)c[nH]c2c1. The molecule has 5 rings (SSSR count). The number of aryl methyl sites for hydroxylation is 1. The molecule has 0 bridgehead atoms. The summed E-state index contributed by atoms with van der Waals surface area (Å²) in [5.74, 6) is 0.138. The quantitative estimate of drug-likeness (QED) is 0.258. The molecule has 5 aromatic rings. The van der Waals surface area contributed by atoms with Crippen LogP contribution < -0.4 is 0 Å². The van der Waals surface area contributed by atoms with E-state index in [9.17, 15) is 0 Å². The molecule has 2 heterocycles. The minimum Gasteiger partial charge on any atom is -0.361 e. The van der Waals surface area contributed by atoms with Gasteiger partial charge < -0.3 is 9.97 Å². The van der Waals surface area contributed by atoms with Gasteiger partial charge in [0.25, 0.3) is 0 Å². The van der Waals surface area contributed by atoms with Crippen molar-refractivity contribution in [2.24, 2.45) is 0 Å². The summed E-state index contributed by atoms with van der Waals surface area (Å²) >= 11 is 7.15. The van der Waals surface area contributed by atoms with Gasteiger partial charge in [0, 0.05) is 49.1 Å². The molecule has 1 unspecified atom stereocenters. The third kappa shape index (κ3) is 3.01. The first kappa shape index (κ1) is 17.8. The van der Waals surface area contributed by atoms with Crippen molar-refractivity contribution in [1.82, 2.24) is 9.97 Å². The average Bonchev–Trinajstić information content (AvgIpc) is 3.28. The predicted octanol–water partition coefficient (Wildman–Crippen LogP) is 7.66. The van der Waals surface area contributed by atoms with E-state index >= 15 is 0 Å². The summed E-state index contributed by atoms with van der Waals surface area (Å²) in [5, 5.41) is 2.52. The maximum Gasteiger partial charge on any atom is 0.0468 e. The molecule has 0 amide bonds. The van der Waals surface area contributed by atoms with E-state index in [0.717, 1.165) is 14.5 Å².